The minimum Gasteiger partial charge on any atom is -0.496 e. The molecule has 2 aromatic carbocycles. The average molecular weight is 375 g/mol. The van der Waals surface area contributed by atoms with E-state index in [-0.39, 0.29) is 6.04 Å². The smallest absolute Gasteiger partial charge is 0.122 e. The van der Waals surface area contributed by atoms with Crippen molar-refractivity contribution in [1.82, 2.24) is 0 Å². The summed E-state index contributed by atoms with van der Waals surface area (Å²) in [6.07, 6.45) is 0.629. The minimum absolute atomic E-state index is 0.172. The van der Waals surface area contributed by atoms with Crippen molar-refractivity contribution in [3.8, 4) is 5.75 Å². The van der Waals surface area contributed by atoms with E-state index in [4.69, 9.17) is 33.7 Å². The zero-order valence-corrected chi connectivity index (χ0v) is 14.0. The molecule has 0 saturated heterocycles. The van der Waals surface area contributed by atoms with Crippen molar-refractivity contribution in [2.75, 3.05) is 7.11 Å². The van der Waals surface area contributed by atoms with Crippen molar-refractivity contribution >= 4 is 39.1 Å². The quantitative estimate of drug-likeness (QED) is 0.816. The summed E-state index contributed by atoms with van der Waals surface area (Å²) in [5.74, 6) is 0.787. The third-order valence-electron chi connectivity index (χ3n) is 3.04. The van der Waals surface area contributed by atoms with Crippen molar-refractivity contribution in [2.45, 2.75) is 12.5 Å². The summed E-state index contributed by atoms with van der Waals surface area (Å²) in [6.45, 7) is 0. The van der Waals surface area contributed by atoms with Crippen LogP contribution in [-0.2, 0) is 6.42 Å². The van der Waals surface area contributed by atoms with Crippen LogP contribution in [0.5, 0.6) is 5.75 Å². The molecule has 2 rings (SSSR count). The van der Waals surface area contributed by atoms with Crippen LogP contribution in [0.4, 0.5) is 0 Å². The van der Waals surface area contributed by atoms with E-state index in [9.17, 15) is 0 Å². The molecule has 0 radical (unpaired) electrons. The lowest BCUT2D eigenvalue weighted by Gasteiger charge is -2.16. The van der Waals surface area contributed by atoms with Gasteiger partial charge in [-0.05, 0) is 47.9 Å². The van der Waals surface area contributed by atoms with Crippen LogP contribution in [0.25, 0.3) is 0 Å². The highest BCUT2D eigenvalue weighted by Crippen LogP contribution is 2.30. The number of ether oxygens (including phenoxy) is 1. The molecule has 0 saturated carbocycles. The second-order valence-electron chi connectivity index (χ2n) is 4.43. The Hall–Kier alpha value is -0.740. The molecule has 0 aliphatic carbocycles. The number of benzene rings is 2. The van der Waals surface area contributed by atoms with Crippen LogP contribution >= 0.6 is 39.1 Å². The van der Waals surface area contributed by atoms with Crippen LogP contribution in [0, 0.1) is 0 Å². The van der Waals surface area contributed by atoms with Crippen LogP contribution in [0.15, 0.2) is 40.9 Å². The molecule has 0 spiro atoms. The molecule has 0 aromatic heterocycles. The largest absolute Gasteiger partial charge is 0.496 e. The van der Waals surface area contributed by atoms with Crippen LogP contribution in [0.3, 0.4) is 0 Å². The summed E-state index contributed by atoms with van der Waals surface area (Å²) < 4.78 is 6.24. The van der Waals surface area contributed by atoms with Gasteiger partial charge in [-0.3, -0.25) is 0 Å². The predicted molar refractivity (Wildman–Crippen MR) is 87.8 cm³/mol. The van der Waals surface area contributed by atoms with Crippen molar-refractivity contribution in [3.05, 3.63) is 62.0 Å². The van der Waals surface area contributed by atoms with Gasteiger partial charge < -0.3 is 10.5 Å². The van der Waals surface area contributed by atoms with E-state index in [1.54, 1.807) is 13.2 Å². The fourth-order valence-corrected chi connectivity index (χ4v) is 3.23. The molecule has 0 aliphatic rings. The lowest BCUT2D eigenvalue weighted by Crippen LogP contribution is -2.14. The van der Waals surface area contributed by atoms with Crippen LogP contribution in [-0.4, -0.2) is 7.11 Å². The van der Waals surface area contributed by atoms with Gasteiger partial charge in [-0.15, -0.1) is 0 Å². The predicted octanol–water partition coefficient (Wildman–Crippen LogP) is 5.01. The Kier molecular flexibility index (Phi) is 5.33. The Morgan fingerprint density at radius 1 is 1.15 bits per heavy atom. The Labute approximate surface area is 137 Å². The van der Waals surface area contributed by atoms with Crippen molar-refractivity contribution in [2.24, 2.45) is 5.73 Å². The van der Waals surface area contributed by atoms with Crippen molar-refractivity contribution in [3.63, 3.8) is 0 Å². The summed E-state index contributed by atoms with van der Waals surface area (Å²) in [5, 5.41) is 1.34. The number of nitrogens with two attached hydrogens (primary N) is 1. The van der Waals surface area contributed by atoms with E-state index in [2.05, 4.69) is 15.9 Å². The molecule has 2 N–H and O–H groups in total. The van der Waals surface area contributed by atoms with Gasteiger partial charge in [0.1, 0.15) is 5.75 Å². The van der Waals surface area contributed by atoms with Gasteiger partial charge in [-0.25, -0.2) is 0 Å². The summed E-state index contributed by atoms with van der Waals surface area (Å²) in [7, 11) is 1.64. The second kappa shape index (κ2) is 6.81. The van der Waals surface area contributed by atoms with Crippen LogP contribution < -0.4 is 10.5 Å². The summed E-state index contributed by atoms with van der Waals surface area (Å²) in [4.78, 5) is 0. The molecule has 0 amide bonds. The molecule has 2 aromatic rings. The second-order valence-corrected chi connectivity index (χ2v) is 6.16. The molecule has 0 aliphatic heterocycles. The maximum absolute atomic E-state index is 6.28. The third-order valence-corrected chi connectivity index (χ3v) is 4.20. The number of rotatable bonds is 4. The van der Waals surface area contributed by atoms with E-state index >= 15 is 0 Å². The normalized spacial score (nSPS) is 12.2. The standard InChI is InChI=1S/C15H14BrCl2NO/c1-20-15-5-3-10(17)6-9(15)7-14(19)12-4-2-11(18)8-13(12)16/h2-6,8,14H,7,19H2,1H3. The highest BCUT2D eigenvalue weighted by atomic mass is 79.9. The van der Waals surface area contributed by atoms with Crippen LogP contribution in [0.2, 0.25) is 10.0 Å². The zero-order valence-electron chi connectivity index (χ0n) is 10.9. The number of hydrogen-bond donors (Lipinski definition) is 1. The summed E-state index contributed by atoms with van der Waals surface area (Å²) in [6, 6.07) is 10.9. The van der Waals surface area contributed by atoms with E-state index < -0.39 is 0 Å². The molecular formula is C15H14BrCl2NO. The Morgan fingerprint density at radius 3 is 2.45 bits per heavy atom. The molecule has 0 heterocycles. The molecule has 0 fully saturated rings. The lowest BCUT2D eigenvalue weighted by molar-refractivity contribution is 0.408. The maximum atomic E-state index is 6.28. The van der Waals surface area contributed by atoms with Gasteiger partial charge in [0.25, 0.3) is 0 Å². The third kappa shape index (κ3) is 3.67. The highest BCUT2D eigenvalue weighted by molar-refractivity contribution is 9.10. The SMILES string of the molecule is COc1ccc(Cl)cc1CC(N)c1ccc(Cl)cc1Br. The molecule has 1 atom stereocenters. The molecule has 1 unspecified atom stereocenters. The Morgan fingerprint density at radius 2 is 1.80 bits per heavy atom. The Bertz CT molecular complexity index is 619. The Balaban J connectivity index is 2.27. The van der Waals surface area contributed by atoms with Gasteiger partial charge in [0.2, 0.25) is 0 Å². The summed E-state index contributed by atoms with van der Waals surface area (Å²) in [5.41, 5.74) is 8.26. The number of methoxy groups -OCH3 is 1. The zero-order chi connectivity index (χ0) is 14.7. The van der Waals surface area contributed by atoms with Gasteiger partial charge in [0.15, 0.2) is 0 Å². The first-order valence-electron chi connectivity index (χ1n) is 6.04. The van der Waals surface area contributed by atoms with Gasteiger partial charge in [-0.2, -0.15) is 0 Å². The minimum atomic E-state index is -0.172. The summed E-state index contributed by atoms with van der Waals surface area (Å²) >= 11 is 15.5. The van der Waals surface area contributed by atoms with Gasteiger partial charge in [-0.1, -0.05) is 45.2 Å². The van der Waals surface area contributed by atoms with E-state index in [0.717, 1.165) is 21.3 Å². The highest BCUT2D eigenvalue weighted by Gasteiger charge is 2.14. The van der Waals surface area contributed by atoms with Crippen LogP contribution in [0.1, 0.15) is 17.2 Å². The number of halogens is 3. The van der Waals surface area contributed by atoms with E-state index in [0.29, 0.717) is 16.5 Å². The van der Waals surface area contributed by atoms with Crippen molar-refractivity contribution in [1.29, 1.82) is 0 Å². The molecule has 106 valence electrons. The fraction of sp³-hybridized carbons (Fsp3) is 0.200. The van der Waals surface area contributed by atoms with Crippen molar-refractivity contribution < 1.29 is 4.74 Å². The first kappa shape index (κ1) is 15.6. The molecular weight excluding hydrogens is 361 g/mol. The first-order chi connectivity index (χ1) is 9.51. The first-order valence-corrected chi connectivity index (χ1v) is 7.59. The molecule has 2 nitrogen and oxygen atoms in total. The molecule has 20 heavy (non-hydrogen) atoms. The topological polar surface area (TPSA) is 35.2 Å². The van der Waals surface area contributed by atoms with E-state index in [1.165, 1.54) is 0 Å². The average Bonchev–Trinajstić information content (AvgIpc) is 2.38. The fourth-order valence-electron chi connectivity index (χ4n) is 2.06. The van der Waals surface area contributed by atoms with Gasteiger partial charge in [0.05, 0.1) is 7.11 Å². The number of hydrogen-bond acceptors (Lipinski definition) is 2. The monoisotopic (exact) mass is 373 g/mol. The maximum Gasteiger partial charge on any atom is 0.122 e. The lowest BCUT2D eigenvalue weighted by atomic mass is 9.99. The van der Waals surface area contributed by atoms with Gasteiger partial charge in [0, 0.05) is 20.6 Å². The van der Waals surface area contributed by atoms with Gasteiger partial charge >= 0.3 is 0 Å². The molecule has 0 bridgehead atoms. The molecule has 5 heteroatoms. The van der Waals surface area contributed by atoms with E-state index in [1.807, 2.05) is 30.3 Å².